The number of nitro groups is 1. The molecule has 1 heterocycles. The highest BCUT2D eigenvalue weighted by Crippen LogP contribution is 2.58. The lowest BCUT2D eigenvalue weighted by Crippen LogP contribution is -2.50. The molecular formula is C21H24F2N2O6. The summed E-state index contributed by atoms with van der Waals surface area (Å²) in [5.74, 6) is -3.57. The van der Waals surface area contributed by atoms with Crippen molar-refractivity contribution in [1.29, 1.82) is 0 Å². The molecule has 1 fully saturated rings. The predicted molar refractivity (Wildman–Crippen MR) is 107 cm³/mol. The number of benzene rings is 1. The number of nitrogens with zero attached hydrogens (tertiary/aromatic N) is 2. The van der Waals surface area contributed by atoms with Crippen LogP contribution in [-0.4, -0.2) is 47.1 Å². The van der Waals surface area contributed by atoms with Gasteiger partial charge in [0.05, 0.1) is 28.9 Å². The quantitative estimate of drug-likeness (QED) is 0.383. The van der Waals surface area contributed by atoms with Crippen LogP contribution in [0.2, 0.25) is 0 Å². The van der Waals surface area contributed by atoms with E-state index in [9.17, 15) is 28.5 Å². The topological polar surface area (TPSA) is 99.0 Å². The summed E-state index contributed by atoms with van der Waals surface area (Å²) in [5, 5.41) is 11.8. The van der Waals surface area contributed by atoms with Crippen molar-refractivity contribution in [1.82, 2.24) is 4.90 Å². The lowest BCUT2D eigenvalue weighted by molar-refractivity contribution is -0.385. The molecule has 0 bridgehead atoms. The average molecular weight is 438 g/mol. The largest absolute Gasteiger partial charge is 0.465 e. The van der Waals surface area contributed by atoms with Crippen molar-refractivity contribution in [2.45, 2.75) is 51.6 Å². The summed E-state index contributed by atoms with van der Waals surface area (Å²) in [7, 11) is 1.15. The molecule has 31 heavy (non-hydrogen) atoms. The van der Waals surface area contributed by atoms with Gasteiger partial charge in [-0.3, -0.25) is 15.0 Å². The van der Waals surface area contributed by atoms with Crippen LogP contribution >= 0.6 is 0 Å². The second-order valence-corrected chi connectivity index (χ2v) is 8.96. The normalized spacial score (nSPS) is 19.3. The van der Waals surface area contributed by atoms with Gasteiger partial charge in [0.2, 0.25) is 5.92 Å². The number of carbonyl (C=O) groups is 2. The van der Waals surface area contributed by atoms with E-state index in [1.54, 1.807) is 20.8 Å². The molecule has 168 valence electrons. The Morgan fingerprint density at radius 3 is 2.39 bits per heavy atom. The van der Waals surface area contributed by atoms with Crippen molar-refractivity contribution < 1.29 is 32.8 Å². The van der Waals surface area contributed by atoms with Gasteiger partial charge in [-0.25, -0.2) is 18.4 Å². The molecule has 1 saturated carbocycles. The molecule has 0 atom stereocenters. The molecule has 0 aromatic heterocycles. The highest BCUT2D eigenvalue weighted by atomic mass is 19.3. The van der Waals surface area contributed by atoms with Crippen molar-refractivity contribution >= 4 is 23.4 Å². The minimum atomic E-state index is -2.81. The van der Waals surface area contributed by atoms with Gasteiger partial charge in [0, 0.05) is 30.9 Å². The standard InChI is InChI=1S/C21H24F2N2O6/c1-19(2,3)31-18(27)24-8-7-20(11-21(22,23)12-20)10-16(24)14-6-5-13(17(26)30-4)9-15(14)25(28)29/h5-6,9-10H,7-8,11-12H2,1-4H3. The van der Waals surface area contributed by atoms with E-state index < -0.39 is 39.6 Å². The lowest BCUT2D eigenvalue weighted by Gasteiger charge is -2.49. The maximum Gasteiger partial charge on any atom is 0.414 e. The first-order valence-corrected chi connectivity index (χ1v) is 9.74. The second-order valence-electron chi connectivity index (χ2n) is 8.96. The van der Waals surface area contributed by atoms with Crippen LogP contribution in [0.4, 0.5) is 19.3 Å². The summed E-state index contributed by atoms with van der Waals surface area (Å²) in [6.45, 7) is 5.12. The van der Waals surface area contributed by atoms with Gasteiger partial charge < -0.3 is 9.47 Å². The smallest absolute Gasteiger partial charge is 0.414 e. The van der Waals surface area contributed by atoms with Gasteiger partial charge in [-0.05, 0) is 39.3 Å². The zero-order valence-electron chi connectivity index (χ0n) is 17.7. The number of halogens is 2. The van der Waals surface area contributed by atoms with Gasteiger partial charge in [0.15, 0.2) is 0 Å². The Hall–Kier alpha value is -3.04. The van der Waals surface area contributed by atoms with Gasteiger partial charge in [0.25, 0.3) is 5.69 Å². The van der Waals surface area contributed by atoms with Gasteiger partial charge in [0.1, 0.15) is 5.60 Å². The van der Waals surface area contributed by atoms with Crippen LogP contribution in [0, 0.1) is 15.5 Å². The Morgan fingerprint density at radius 1 is 1.23 bits per heavy atom. The van der Waals surface area contributed by atoms with Crippen LogP contribution in [-0.2, 0) is 9.47 Å². The summed E-state index contributed by atoms with van der Waals surface area (Å²) < 4.78 is 37.4. The number of hydrogen-bond donors (Lipinski definition) is 0. The van der Waals surface area contributed by atoms with Crippen molar-refractivity contribution in [3.8, 4) is 0 Å². The summed E-state index contributed by atoms with van der Waals surface area (Å²) in [6.07, 6.45) is 0.294. The van der Waals surface area contributed by atoms with E-state index in [-0.39, 0.29) is 36.2 Å². The van der Waals surface area contributed by atoms with Crippen LogP contribution in [0.25, 0.3) is 5.70 Å². The molecule has 1 aliphatic heterocycles. The van der Waals surface area contributed by atoms with Crippen molar-refractivity contribution in [2.75, 3.05) is 13.7 Å². The second kappa shape index (κ2) is 7.58. The Balaban J connectivity index is 2.10. The minimum Gasteiger partial charge on any atom is -0.465 e. The molecular weight excluding hydrogens is 414 g/mol. The van der Waals surface area contributed by atoms with Gasteiger partial charge >= 0.3 is 12.1 Å². The lowest BCUT2D eigenvalue weighted by atomic mass is 9.62. The fraction of sp³-hybridized carbons (Fsp3) is 0.524. The first-order valence-electron chi connectivity index (χ1n) is 9.74. The zero-order chi connectivity index (χ0) is 23.2. The number of rotatable bonds is 3. The van der Waals surface area contributed by atoms with Crippen molar-refractivity contribution in [3.05, 3.63) is 45.5 Å². The maximum atomic E-state index is 13.7. The van der Waals surface area contributed by atoms with E-state index in [1.807, 2.05) is 0 Å². The number of nitro benzene ring substituents is 1. The zero-order valence-corrected chi connectivity index (χ0v) is 17.7. The molecule has 1 aliphatic carbocycles. The Bertz CT molecular complexity index is 959. The highest BCUT2D eigenvalue weighted by molar-refractivity contribution is 5.92. The summed E-state index contributed by atoms with van der Waals surface area (Å²) in [4.78, 5) is 36.9. The molecule has 2 aliphatic rings. The SMILES string of the molecule is COC(=O)c1ccc(C2=CC3(CCN2C(=O)OC(C)(C)C)CC(F)(F)C3)c([N+](=O)[O-])c1. The number of esters is 1. The molecule has 1 amide bonds. The number of ether oxygens (including phenoxy) is 2. The van der Waals surface area contributed by atoms with Crippen LogP contribution in [0.3, 0.4) is 0 Å². The molecule has 8 nitrogen and oxygen atoms in total. The summed E-state index contributed by atoms with van der Waals surface area (Å²) in [5.41, 5.74) is -1.99. The first-order chi connectivity index (χ1) is 14.3. The minimum absolute atomic E-state index is 0.0388. The number of carbonyl (C=O) groups excluding carboxylic acids is 2. The van der Waals surface area contributed by atoms with Crippen molar-refractivity contribution in [3.63, 3.8) is 0 Å². The Kier molecular flexibility index (Phi) is 5.54. The number of hydrogen-bond acceptors (Lipinski definition) is 6. The molecule has 0 unspecified atom stereocenters. The summed E-state index contributed by atoms with van der Waals surface area (Å²) in [6, 6.07) is 3.70. The molecule has 1 aromatic rings. The number of methoxy groups -OCH3 is 1. The van der Waals surface area contributed by atoms with E-state index in [1.165, 1.54) is 23.1 Å². The fourth-order valence-electron chi connectivity index (χ4n) is 4.03. The third kappa shape index (κ3) is 4.67. The monoisotopic (exact) mass is 438 g/mol. The molecule has 3 rings (SSSR count). The fourth-order valence-corrected chi connectivity index (χ4v) is 4.03. The van der Waals surface area contributed by atoms with Crippen LogP contribution < -0.4 is 0 Å². The maximum absolute atomic E-state index is 13.7. The van der Waals surface area contributed by atoms with E-state index in [2.05, 4.69) is 4.74 Å². The van der Waals surface area contributed by atoms with Crippen LogP contribution in [0.1, 0.15) is 56.0 Å². The van der Waals surface area contributed by atoms with Crippen LogP contribution in [0.15, 0.2) is 24.3 Å². The van der Waals surface area contributed by atoms with E-state index >= 15 is 0 Å². The molecule has 0 saturated heterocycles. The third-order valence-corrected chi connectivity index (χ3v) is 5.29. The number of alkyl halides is 2. The number of allylic oxidation sites excluding steroid dienone is 1. The first kappa shape index (κ1) is 22.6. The van der Waals surface area contributed by atoms with E-state index in [0.717, 1.165) is 13.2 Å². The molecule has 0 N–H and O–H groups in total. The highest BCUT2D eigenvalue weighted by Gasteiger charge is 2.57. The van der Waals surface area contributed by atoms with Gasteiger partial charge in [-0.1, -0.05) is 6.08 Å². The van der Waals surface area contributed by atoms with Gasteiger partial charge in [-0.2, -0.15) is 0 Å². The Labute approximate surface area is 177 Å². The number of amides is 1. The predicted octanol–water partition coefficient (Wildman–Crippen LogP) is 4.78. The van der Waals surface area contributed by atoms with Gasteiger partial charge in [-0.15, -0.1) is 0 Å². The van der Waals surface area contributed by atoms with E-state index in [4.69, 9.17) is 4.74 Å². The molecule has 0 radical (unpaired) electrons. The third-order valence-electron chi connectivity index (χ3n) is 5.29. The average Bonchev–Trinajstić information content (AvgIpc) is 2.63. The summed E-state index contributed by atoms with van der Waals surface area (Å²) >= 11 is 0. The molecule has 1 aromatic carbocycles. The molecule has 1 spiro atoms. The van der Waals surface area contributed by atoms with Crippen LogP contribution in [0.5, 0.6) is 0 Å². The molecule has 10 heteroatoms. The van der Waals surface area contributed by atoms with E-state index in [0.29, 0.717) is 6.42 Å². The van der Waals surface area contributed by atoms with Crippen molar-refractivity contribution in [2.24, 2.45) is 5.41 Å². The Morgan fingerprint density at radius 2 is 1.87 bits per heavy atom.